The molecular formula is C14H10FN2OSe. The fourth-order valence-electron chi connectivity index (χ4n) is 1.42. The van der Waals surface area contributed by atoms with E-state index in [2.05, 4.69) is 26.3 Å². The molecule has 0 fully saturated rings. The van der Waals surface area contributed by atoms with E-state index < -0.39 is 0 Å². The summed E-state index contributed by atoms with van der Waals surface area (Å²) in [5.41, 5.74) is 1.10. The molecule has 2 rings (SSSR count). The van der Waals surface area contributed by atoms with Gasteiger partial charge in [-0.3, -0.25) is 0 Å². The second-order valence-corrected chi connectivity index (χ2v) is 4.52. The fourth-order valence-corrected chi connectivity index (χ4v) is 1.84. The van der Waals surface area contributed by atoms with Gasteiger partial charge in [0.2, 0.25) is 0 Å². The molecule has 3 nitrogen and oxygen atoms in total. The maximum atomic E-state index is 12.7. The zero-order valence-corrected chi connectivity index (χ0v) is 11.6. The van der Waals surface area contributed by atoms with Crippen molar-refractivity contribution in [2.45, 2.75) is 0 Å². The fraction of sp³-hybridized carbons (Fsp3) is 0. The Morgan fingerprint density at radius 3 is 2.32 bits per heavy atom. The number of hydrogen-bond donors (Lipinski definition) is 1. The van der Waals surface area contributed by atoms with Gasteiger partial charge in [-0.05, 0) is 0 Å². The summed E-state index contributed by atoms with van der Waals surface area (Å²) >= 11 is 2.67. The first-order chi connectivity index (χ1) is 9.15. The maximum absolute atomic E-state index is 12.7. The van der Waals surface area contributed by atoms with Gasteiger partial charge in [0.25, 0.3) is 0 Å². The Kier molecular flexibility index (Phi) is 4.44. The van der Waals surface area contributed by atoms with E-state index >= 15 is 0 Å². The molecule has 0 aliphatic carbocycles. The number of carbonyl (C=O) groups is 1. The SMILES string of the molecule is O=C(NC([Se])=Nc1ccc(F)cc1)c1ccccc1. The zero-order chi connectivity index (χ0) is 13.7. The van der Waals surface area contributed by atoms with E-state index in [-0.39, 0.29) is 11.7 Å². The predicted octanol–water partition coefficient (Wildman–Crippen LogP) is 2.41. The van der Waals surface area contributed by atoms with E-state index in [9.17, 15) is 9.18 Å². The number of amides is 1. The van der Waals surface area contributed by atoms with E-state index in [1.807, 2.05) is 6.07 Å². The van der Waals surface area contributed by atoms with Crippen LogP contribution in [0.2, 0.25) is 0 Å². The van der Waals surface area contributed by atoms with Crippen LogP contribution in [0.3, 0.4) is 0 Å². The Bertz CT molecular complexity index is 597. The van der Waals surface area contributed by atoms with Crippen LogP contribution in [0.4, 0.5) is 10.1 Å². The number of hydrogen-bond acceptors (Lipinski definition) is 2. The molecule has 0 saturated carbocycles. The van der Waals surface area contributed by atoms with Crippen LogP contribution in [-0.4, -0.2) is 26.7 Å². The number of nitrogens with one attached hydrogen (secondary N) is 1. The van der Waals surface area contributed by atoms with Crippen LogP contribution in [0, 0.1) is 5.82 Å². The molecule has 2 aromatic rings. The van der Waals surface area contributed by atoms with Crippen molar-refractivity contribution in [3.8, 4) is 0 Å². The van der Waals surface area contributed by atoms with Gasteiger partial charge in [0.15, 0.2) is 0 Å². The van der Waals surface area contributed by atoms with Crippen molar-refractivity contribution in [1.82, 2.24) is 5.32 Å². The van der Waals surface area contributed by atoms with Crippen molar-refractivity contribution < 1.29 is 9.18 Å². The Labute approximate surface area is 118 Å². The number of rotatable bonds is 2. The molecule has 95 valence electrons. The molecule has 0 aromatic heterocycles. The van der Waals surface area contributed by atoms with E-state index in [1.165, 1.54) is 24.3 Å². The molecule has 0 heterocycles. The summed E-state index contributed by atoms with van der Waals surface area (Å²) in [7, 11) is 0. The summed E-state index contributed by atoms with van der Waals surface area (Å²) < 4.78 is 13.1. The van der Waals surface area contributed by atoms with E-state index in [0.717, 1.165) is 0 Å². The van der Waals surface area contributed by atoms with Crippen LogP contribution in [-0.2, 0) is 0 Å². The second kappa shape index (κ2) is 6.27. The first-order valence-corrected chi connectivity index (χ1v) is 6.38. The van der Waals surface area contributed by atoms with Gasteiger partial charge in [0.1, 0.15) is 0 Å². The standard InChI is InChI=1S/C14H10FN2OSe/c15-11-6-8-12(9-7-11)16-14(19)17-13(18)10-4-2-1-3-5-10/h1-9H,(H,16,17,18). The predicted molar refractivity (Wildman–Crippen MR) is 73.2 cm³/mol. The van der Waals surface area contributed by atoms with Crippen molar-refractivity contribution in [2.75, 3.05) is 0 Å². The van der Waals surface area contributed by atoms with Crippen molar-refractivity contribution in [1.29, 1.82) is 0 Å². The molecule has 0 aliphatic heterocycles. The molecule has 0 saturated heterocycles. The summed E-state index contributed by atoms with van der Waals surface area (Å²) in [4.78, 5) is 16.0. The molecule has 0 atom stereocenters. The number of benzene rings is 2. The van der Waals surface area contributed by atoms with Crippen molar-refractivity contribution in [3.05, 3.63) is 66.0 Å². The van der Waals surface area contributed by atoms with Crippen LogP contribution < -0.4 is 5.32 Å². The van der Waals surface area contributed by atoms with Gasteiger partial charge in [0, 0.05) is 0 Å². The molecule has 0 spiro atoms. The van der Waals surface area contributed by atoms with Gasteiger partial charge in [-0.1, -0.05) is 0 Å². The summed E-state index contributed by atoms with van der Waals surface area (Å²) in [6.45, 7) is 0. The molecule has 1 N–H and O–H groups in total. The first-order valence-electron chi connectivity index (χ1n) is 5.53. The van der Waals surface area contributed by atoms with Gasteiger partial charge in [-0.25, -0.2) is 0 Å². The Morgan fingerprint density at radius 2 is 1.68 bits per heavy atom. The third-order valence-electron chi connectivity index (χ3n) is 2.31. The van der Waals surface area contributed by atoms with Crippen LogP contribution in [0.1, 0.15) is 10.4 Å². The van der Waals surface area contributed by atoms with Gasteiger partial charge in [-0.2, -0.15) is 0 Å². The van der Waals surface area contributed by atoms with E-state index in [4.69, 9.17) is 0 Å². The van der Waals surface area contributed by atoms with Gasteiger partial charge in [0.05, 0.1) is 0 Å². The molecule has 0 aliphatic rings. The molecule has 0 bridgehead atoms. The van der Waals surface area contributed by atoms with Crippen molar-refractivity contribution in [2.24, 2.45) is 4.99 Å². The summed E-state index contributed by atoms with van der Waals surface area (Å²) in [6, 6.07) is 14.5. The summed E-state index contributed by atoms with van der Waals surface area (Å²) in [5, 5.41) is 2.62. The molecule has 1 radical (unpaired) electrons. The quantitative estimate of drug-likeness (QED) is 0.515. The number of carbonyl (C=O) groups excluding carboxylic acids is 1. The average Bonchev–Trinajstić information content (AvgIpc) is 2.42. The van der Waals surface area contributed by atoms with Crippen LogP contribution in [0.15, 0.2) is 59.6 Å². The Hall–Kier alpha value is -1.97. The normalized spacial score (nSPS) is 11.1. The summed E-state index contributed by atoms with van der Waals surface area (Å²) in [6.07, 6.45) is 0. The van der Waals surface area contributed by atoms with Gasteiger partial charge in [-0.15, -0.1) is 0 Å². The average molecular weight is 320 g/mol. The number of halogens is 1. The number of amidine groups is 1. The van der Waals surface area contributed by atoms with E-state index in [1.54, 1.807) is 24.3 Å². The molecule has 19 heavy (non-hydrogen) atoms. The Balaban J connectivity index is 2.07. The number of nitrogens with zero attached hydrogens (tertiary/aromatic N) is 1. The zero-order valence-electron chi connectivity index (χ0n) is 9.84. The van der Waals surface area contributed by atoms with E-state index in [0.29, 0.717) is 16.0 Å². The van der Waals surface area contributed by atoms with Crippen LogP contribution in [0.5, 0.6) is 0 Å². The van der Waals surface area contributed by atoms with Gasteiger partial charge < -0.3 is 0 Å². The van der Waals surface area contributed by atoms with Crippen molar-refractivity contribution >= 4 is 32.3 Å². The monoisotopic (exact) mass is 321 g/mol. The summed E-state index contributed by atoms with van der Waals surface area (Å²) in [5.74, 6) is -0.575. The van der Waals surface area contributed by atoms with Crippen molar-refractivity contribution in [3.63, 3.8) is 0 Å². The van der Waals surface area contributed by atoms with Crippen LogP contribution >= 0.6 is 0 Å². The van der Waals surface area contributed by atoms with Gasteiger partial charge >= 0.3 is 118 Å². The first kappa shape index (κ1) is 13.5. The topological polar surface area (TPSA) is 41.5 Å². The number of aliphatic imine (C=N–C) groups is 1. The Morgan fingerprint density at radius 1 is 1.05 bits per heavy atom. The second-order valence-electron chi connectivity index (χ2n) is 3.71. The minimum atomic E-state index is -0.325. The molecule has 1 amide bonds. The third kappa shape index (κ3) is 4.02. The molecular weight excluding hydrogens is 310 g/mol. The minimum absolute atomic E-state index is 0.250. The third-order valence-corrected chi connectivity index (χ3v) is 2.72. The molecule has 0 unspecified atom stereocenters. The molecule has 2 aromatic carbocycles. The molecule has 5 heteroatoms. The van der Waals surface area contributed by atoms with Crippen LogP contribution in [0.25, 0.3) is 0 Å².